The van der Waals surface area contributed by atoms with Crippen LogP contribution in [0.4, 0.5) is 5.69 Å². The fourth-order valence-corrected chi connectivity index (χ4v) is 4.88. The average Bonchev–Trinajstić information content (AvgIpc) is 3.10. The maximum absolute atomic E-state index is 12.6. The van der Waals surface area contributed by atoms with Gasteiger partial charge in [0, 0.05) is 45.7 Å². The molecule has 0 radical (unpaired) electrons. The first-order valence-corrected chi connectivity index (χ1v) is 11.7. The third kappa shape index (κ3) is 6.28. The second kappa shape index (κ2) is 11.8. The number of nitrogens with one attached hydrogen (secondary N) is 1. The number of amides is 1. The highest BCUT2D eigenvalue weighted by atomic mass is 28.4. The first-order valence-electron chi connectivity index (χ1n) is 9.80. The molecule has 0 aliphatic carbocycles. The van der Waals surface area contributed by atoms with Crippen molar-refractivity contribution in [1.82, 2.24) is 4.90 Å². The van der Waals surface area contributed by atoms with E-state index in [4.69, 9.17) is 27.9 Å². The molecular weight excluding hydrogens is 424 g/mol. The molecule has 0 bridgehead atoms. The number of hydrogen-bond acceptors (Lipinski definition) is 9. The average molecular weight is 455 g/mol. The Balaban J connectivity index is 2.04. The van der Waals surface area contributed by atoms with Crippen molar-refractivity contribution in [3.63, 3.8) is 0 Å². The summed E-state index contributed by atoms with van der Waals surface area (Å²) in [6, 6.07) is 7.68. The SMILES string of the molecule is COC(=O)C1=C(Nc2cccc(OCCC[Si](OC)(OC)OC)c2)C(=O)N(CCO)C1. The number of benzene rings is 1. The van der Waals surface area contributed by atoms with Crippen LogP contribution in [-0.2, 0) is 27.6 Å². The number of methoxy groups -OCH3 is 1. The van der Waals surface area contributed by atoms with Gasteiger partial charge < -0.3 is 38.1 Å². The quantitative estimate of drug-likeness (QED) is 0.256. The molecule has 11 heteroatoms. The Morgan fingerprint density at radius 1 is 1.19 bits per heavy atom. The molecule has 1 heterocycles. The van der Waals surface area contributed by atoms with E-state index >= 15 is 0 Å². The van der Waals surface area contributed by atoms with Crippen LogP contribution >= 0.6 is 0 Å². The summed E-state index contributed by atoms with van der Waals surface area (Å²) in [6.45, 7) is 0.432. The van der Waals surface area contributed by atoms with Crippen molar-refractivity contribution in [3.05, 3.63) is 35.5 Å². The van der Waals surface area contributed by atoms with E-state index < -0.39 is 14.8 Å². The molecule has 1 amide bonds. The Bertz CT molecular complexity index is 789. The maximum Gasteiger partial charge on any atom is 0.500 e. The van der Waals surface area contributed by atoms with Crippen molar-refractivity contribution < 1.29 is 37.4 Å². The number of carbonyl (C=O) groups excluding carboxylic acids is 2. The molecule has 0 saturated carbocycles. The van der Waals surface area contributed by atoms with Crippen LogP contribution in [0, 0.1) is 0 Å². The Morgan fingerprint density at radius 3 is 2.52 bits per heavy atom. The van der Waals surface area contributed by atoms with E-state index in [1.165, 1.54) is 12.0 Å². The summed E-state index contributed by atoms with van der Waals surface area (Å²) in [5.41, 5.74) is 0.934. The summed E-state index contributed by atoms with van der Waals surface area (Å²) >= 11 is 0. The van der Waals surface area contributed by atoms with Crippen molar-refractivity contribution in [2.75, 3.05) is 60.1 Å². The Kier molecular flexibility index (Phi) is 9.46. The van der Waals surface area contributed by atoms with Crippen LogP contribution in [0.2, 0.25) is 6.04 Å². The van der Waals surface area contributed by atoms with Gasteiger partial charge in [-0.05, 0) is 18.6 Å². The van der Waals surface area contributed by atoms with E-state index in [1.54, 1.807) is 45.6 Å². The predicted molar refractivity (Wildman–Crippen MR) is 114 cm³/mol. The van der Waals surface area contributed by atoms with Crippen molar-refractivity contribution in [2.45, 2.75) is 12.5 Å². The summed E-state index contributed by atoms with van der Waals surface area (Å²) in [6.07, 6.45) is 0.672. The zero-order valence-electron chi connectivity index (χ0n) is 18.3. The van der Waals surface area contributed by atoms with Crippen molar-refractivity contribution in [3.8, 4) is 5.75 Å². The fraction of sp³-hybridized carbons (Fsp3) is 0.500. The molecule has 0 aromatic heterocycles. The second-order valence-corrected chi connectivity index (χ2v) is 9.79. The van der Waals surface area contributed by atoms with E-state index in [-0.39, 0.29) is 36.9 Å². The zero-order valence-corrected chi connectivity index (χ0v) is 19.3. The third-order valence-electron chi connectivity index (χ3n) is 4.89. The molecule has 0 saturated heterocycles. The fourth-order valence-electron chi connectivity index (χ4n) is 3.19. The molecule has 2 N–H and O–H groups in total. The van der Waals surface area contributed by atoms with Gasteiger partial charge in [-0.15, -0.1) is 0 Å². The van der Waals surface area contributed by atoms with Gasteiger partial charge in [0.15, 0.2) is 0 Å². The van der Waals surface area contributed by atoms with Gasteiger partial charge >= 0.3 is 14.8 Å². The number of carbonyl (C=O) groups is 2. The van der Waals surface area contributed by atoms with E-state index in [0.29, 0.717) is 30.5 Å². The minimum atomic E-state index is -2.64. The normalized spacial score (nSPS) is 14.2. The molecule has 1 aliphatic rings. The van der Waals surface area contributed by atoms with Crippen molar-refractivity contribution in [2.24, 2.45) is 0 Å². The molecule has 0 fully saturated rings. The van der Waals surface area contributed by atoms with Gasteiger partial charge in [0.2, 0.25) is 0 Å². The lowest BCUT2D eigenvalue weighted by molar-refractivity contribution is -0.136. The summed E-state index contributed by atoms with van der Waals surface area (Å²) in [7, 11) is 3.33. The molecule has 31 heavy (non-hydrogen) atoms. The molecule has 1 aromatic rings. The topological polar surface area (TPSA) is 116 Å². The molecule has 0 atom stereocenters. The molecule has 10 nitrogen and oxygen atoms in total. The summed E-state index contributed by atoms with van der Waals surface area (Å²) in [5, 5.41) is 12.2. The highest BCUT2D eigenvalue weighted by molar-refractivity contribution is 6.60. The van der Waals surface area contributed by atoms with E-state index in [9.17, 15) is 9.59 Å². The number of anilines is 1. The largest absolute Gasteiger partial charge is 0.500 e. The van der Waals surface area contributed by atoms with Crippen LogP contribution < -0.4 is 10.1 Å². The molecule has 1 aliphatic heterocycles. The molecule has 172 valence electrons. The van der Waals surface area contributed by atoms with Gasteiger partial charge in [-0.2, -0.15) is 0 Å². The van der Waals surface area contributed by atoms with Gasteiger partial charge in [0.25, 0.3) is 5.91 Å². The van der Waals surface area contributed by atoms with E-state index in [2.05, 4.69) is 5.32 Å². The Hall–Kier alpha value is -2.44. The summed E-state index contributed by atoms with van der Waals surface area (Å²) in [4.78, 5) is 26.1. The van der Waals surface area contributed by atoms with Crippen molar-refractivity contribution >= 4 is 26.4 Å². The lowest BCUT2D eigenvalue weighted by atomic mass is 10.2. The van der Waals surface area contributed by atoms with Gasteiger partial charge in [-0.3, -0.25) is 4.79 Å². The number of nitrogens with zero attached hydrogens (tertiary/aromatic N) is 1. The molecular formula is C20H30N2O8Si. The number of aliphatic hydroxyl groups is 1. The summed E-state index contributed by atoms with van der Waals surface area (Å²) in [5.74, 6) is -0.367. The second-order valence-electron chi connectivity index (χ2n) is 6.70. The van der Waals surface area contributed by atoms with Gasteiger partial charge in [0.05, 0.1) is 32.4 Å². The van der Waals surface area contributed by atoms with E-state index in [1.807, 2.05) is 0 Å². The minimum Gasteiger partial charge on any atom is -0.494 e. The molecule has 2 rings (SSSR count). The Labute approximate surface area is 183 Å². The highest BCUT2D eigenvalue weighted by Crippen LogP contribution is 2.25. The first-order chi connectivity index (χ1) is 14.9. The first kappa shape index (κ1) is 24.8. The monoisotopic (exact) mass is 454 g/mol. The molecule has 1 aromatic carbocycles. The predicted octanol–water partition coefficient (Wildman–Crippen LogP) is 1.01. The van der Waals surface area contributed by atoms with Crippen LogP contribution in [0.3, 0.4) is 0 Å². The van der Waals surface area contributed by atoms with Crippen LogP contribution in [-0.4, -0.2) is 85.4 Å². The van der Waals surface area contributed by atoms with Crippen LogP contribution in [0.5, 0.6) is 5.75 Å². The number of rotatable bonds is 13. The zero-order chi connectivity index (χ0) is 22.9. The maximum atomic E-state index is 12.6. The smallest absolute Gasteiger partial charge is 0.494 e. The lowest BCUT2D eigenvalue weighted by Crippen LogP contribution is -2.42. The van der Waals surface area contributed by atoms with E-state index in [0.717, 1.165) is 0 Å². The minimum absolute atomic E-state index is 0.0781. The third-order valence-corrected chi connectivity index (χ3v) is 7.72. The van der Waals surface area contributed by atoms with Crippen molar-refractivity contribution in [1.29, 1.82) is 0 Å². The summed E-state index contributed by atoms with van der Waals surface area (Å²) < 4.78 is 26.8. The van der Waals surface area contributed by atoms with Crippen LogP contribution in [0.1, 0.15) is 6.42 Å². The van der Waals surface area contributed by atoms with Gasteiger partial charge in [-0.25, -0.2) is 4.79 Å². The highest BCUT2D eigenvalue weighted by Gasteiger charge is 2.37. The van der Waals surface area contributed by atoms with Crippen LogP contribution in [0.25, 0.3) is 0 Å². The van der Waals surface area contributed by atoms with Gasteiger partial charge in [-0.1, -0.05) is 6.07 Å². The number of β-amino-alcohol motifs (C(OH)–C–C–N with tert-alkyl or cyclic N) is 1. The van der Waals surface area contributed by atoms with Crippen LogP contribution in [0.15, 0.2) is 35.5 Å². The lowest BCUT2D eigenvalue weighted by Gasteiger charge is -2.24. The standard InChI is InChI=1S/C20H30N2O8Si/c1-26-20(25)17-14-22(9-10-23)19(24)18(17)21-15-7-5-8-16(13-15)30-11-6-12-31(27-2,28-3)29-4/h5,7-8,13,21,23H,6,9-12,14H2,1-4H3. The number of ether oxygens (including phenoxy) is 2. The Morgan fingerprint density at radius 2 is 1.90 bits per heavy atom. The molecule has 0 unspecified atom stereocenters. The number of aliphatic hydroxyl groups excluding tert-OH is 1. The number of esters is 1. The molecule has 0 spiro atoms. The van der Waals surface area contributed by atoms with Gasteiger partial charge in [0.1, 0.15) is 11.4 Å². The number of hydrogen-bond donors (Lipinski definition) is 2.